The van der Waals surface area contributed by atoms with E-state index in [0.29, 0.717) is 0 Å². The van der Waals surface area contributed by atoms with Gasteiger partial charge in [0, 0.05) is 11.8 Å². The number of rotatable bonds is 5. The van der Waals surface area contributed by atoms with E-state index in [0.717, 1.165) is 23.3 Å². The van der Waals surface area contributed by atoms with Crippen LogP contribution in [0.25, 0.3) is 0 Å². The molecule has 3 aromatic rings. The zero-order chi connectivity index (χ0) is 18.1. The Kier molecular flexibility index (Phi) is 4.29. The van der Waals surface area contributed by atoms with Gasteiger partial charge in [0.05, 0.1) is 12.3 Å². The van der Waals surface area contributed by atoms with Gasteiger partial charge < -0.3 is 9.73 Å². The van der Waals surface area contributed by atoms with E-state index < -0.39 is 6.04 Å². The maximum atomic E-state index is 13.3. The number of carbonyl (C=O) groups excluding carboxylic acids is 1. The van der Waals surface area contributed by atoms with Crippen LogP contribution in [0.15, 0.2) is 71.3 Å². The van der Waals surface area contributed by atoms with Crippen molar-refractivity contribution in [3.8, 4) is 0 Å². The highest BCUT2D eigenvalue weighted by Gasteiger charge is 2.46. The van der Waals surface area contributed by atoms with Crippen LogP contribution in [-0.4, -0.2) is 5.91 Å². The third-order valence-corrected chi connectivity index (χ3v) is 4.73. The molecule has 26 heavy (non-hydrogen) atoms. The summed E-state index contributed by atoms with van der Waals surface area (Å²) in [6.45, 7) is 0. The first kappa shape index (κ1) is 16.5. The SMILES string of the molecule is O=C(NC(c1ccc(F)cc1)c1ccc(F)cc1)[C@H]1C[C@@H]1c1ccco1. The maximum absolute atomic E-state index is 13.3. The molecule has 2 aromatic carbocycles. The predicted octanol–water partition coefficient (Wildman–Crippen LogP) is 4.57. The molecule has 0 unspecified atom stereocenters. The summed E-state index contributed by atoms with van der Waals surface area (Å²) in [5.74, 6) is -0.0389. The second kappa shape index (κ2) is 6.75. The first-order valence-corrected chi connectivity index (χ1v) is 8.46. The van der Waals surface area contributed by atoms with Crippen LogP contribution in [0.5, 0.6) is 0 Å². The maximum Gasteiger partial charge on any atom is 0.224 e. The molecule has 0 spiro atoms. The summed E-state index contributed by atoms with van der Waals surface area (Å²) in [6, 6.07) is 15.1. The van der Waals surface area contributed by atoms with Gasteiger partial charge in [-0.25, -0.2) is 8.78 Å². The van der Waals surface area contributed by atoms with Gasteiger partial charge >= 0.3 is 0 Å². The van der Waals surface area contributed by atoms with E-state index in [1.54, 1.807) is 30.5 Å². The van der Waals surface area contributed by atoms with E-state index in [2.05, 4.69) is 5.32 Å². The minimum atomic E-state index is -0.471. The van der Waals surface area contributed by atoms with E-state index in [1.807, 2.05) is 12.1 Å². The summed E-state index contributed by atoms with van der Waals surface area (Å²) in [4.78, 5) is 12.7. The predicted molar refractivity (Wildman–Crippen MR) is 92.3 cm³/mol. The molecule has 1 fully saturated rings. The van der Waals surface area contributed by atoms with Crippen LogP contribution in [0.3, 0.4) is 0 Å². The Balaban J connectivity index is 1.56. The van der Waals surface area contributed by atoms with Crippen LogP contribution in [0.4, 0.5) is 8.78 Å². The van der Waals surface area contributed by atoms with Crippen LogP contribution in [0.2, 0.25) is 0 Å². The van der Waals surface area contributed by atoms with Crippen LogP contribution in [-0.2, 0) is 4.79 Å². The molecule has 1 amide bonds. The van der Waals surface area contributed by atoms with Gasteiger partial charge in [-0.3, -0.25) is 4.79 Å². The normalized spacial score (nSPS) is 18.7. The van der Waals surface area contributed by atoms with Crippen LogP contribution < -0.4 is 5.32 Å². The summed E-state index contributed by atoms with van der Waals surface area (Å²) in [5, 5.41) is 3.02. The molecule has 0 radical (unpaired) electrons. The molecule has 1 heterocycles. The lowest BCUT2D eigenvalue weighted by atomic mass is 9.98. The van der Waals surface area contributed by atoms with Gasteiger partial charge in [-0.2, -0.15) is 0 Å². The number of halogens is 2. The number of furan rings is 1. The first-order chi connectivity index (χ1) is 12.6. The van der Waals surface area contributed by atoms with Gasteiger partial charge in [0.15, 0.2) is 0 Å². The van der Waals surface area contributed by atoms with Crippen molar-refractivity contribution in [3.05, 3.63) is 95.4 Å². The second-order valence-electron chi connectivity index (χ2n) is 6.51. The lowest BCUT2D eigenvalue weighted by Gasteiger charge is -2.20. The highest BCUT2D eigenvalue weighted by Crippen LogP contribution is 2.48. The van der Waals surface area contributed by atoms with Gasteiger partial charge in [0.25, 0.3) is 0 Å². The van der Waals surface area contributed by atoms with Gasteiger partial charge in [-0.15, -0.1) is 0 Å². The minimum Gasteiger partial charge on any atom is -0.469 e. The summed E-state index contributed by atoms with van der Waals surface area (Å²) < 4.78 is 31.9. The first-order valence-electron chi connectivity index (χ1n) is 8.46. The third kappa shape index (κ3) is 3.38. The number of hydrogen-bond donors (Lipinski definition) is 1. The average molecular weight is 353 g/mol. The van der Waals surface area contributed by atoms with Crippen LogP contribution in [0, 0.1) is 17.6 Å². The van der Waals surface area contributed by atoms with Gasteiger partial charge in [0.2, 0.25) is 5.91 Å². The third-order valence-electron chi connectivity index (χ3n) is 4.73. The molecule has 4 rings (SSSR count). The van der Waals surface area contributed by atoms with Crippen molar-refractivity contribution >= 4 is 5.91 Å². The largest absolute Gasteiger partial charge is 0.469 e. The molecule has 5 heteroatoms. The van der Waals surface area contributed by atoms with Gasteiger partial charge in [0.1, 0.15) is 17.4 Å². The quantitative estimate of drug-likeness (QED) is 0.730. The lowest BCUT2D eigenvalue weighted by Crippen LogP contribution is -2.31. The van der Waals surface area contributed by atoms with Crippen molar-refractivity contribution in [2.45, 2.75) is 18.4 Å². The standard InChI is InChI=1S/C21H17F2NO2/c22-15-7-3-13(4-8-15)20(14-5-9-16(23)10-6-14)24-21(25)18-12-17(18)19-2-1-11-26-19/h1-11,17-18,20H,12H2,(H,24,25)/t17-,18-/m0/s1. The van der Waals surface area contributed by atoms with Crippen molar-refractivity contribution in [2.24, 2.45) is 5.92 Å². The van der Waals surface area contributed by atoms with Crippen molar-refractivity contribution < 1.29 is 18.0 Å². The fourth-order valence-electron chi connectivity index (χ4n) is 3.22. The van der Waals surface area contributed by atoms with Crippen molar-refractivity contribution in [1.29, 1.82) is 0 Å². The van der Waals surface area contributed by atoms with Crippen molar-refractivity contribution in [2.75, 3.05) is 0 Å². The topological polar surface area (TPSA) is 42.2 Å². The Bertz CT molecular complexity index is 843. The highest BCUT2D eigenvalue weighted by atomic mass is 19.1. The van der Waals surface area contributed by atoms with Gasteiger partial charge in [-0.05, 0) is 53.9 Å². The number of nitrogens with one attached hydrogen (secondary N) is 1. The van der Waals surface area contributed by atoms with Crippen LogP contribution >= 0.6 is 0 Å². The Hall–Kier alpha value is -2.95. The Morgan fingerprint density at radius 1 is 0.962 bits per heavy atom. The zero-order valence-electron chi connectivity index (χ0n) is 13.9. The fourth-order valence-corrected chi connectivity index (χ4v) is 3.22. The Morgan fingerprint density at radius 3 is 2.04 bits per heavy atom. The van der Waals surface area contributed by atoms with Crippen molar-refractivity contribution in [3.63, 3.8) is 0 Å². The summed E-state index contributed by atoms with van der Waals surface area (Å²) in [5.41, 5.74) is 1.48. The molecule has 2 atom stereocenters. The van der Waals surface area contributed by atoms with E-state index in [4.69, 9.17) is 4.42 Å². The number of carbonyl (C=O) groups is 1. The van der Waals surface area contributed by atoms with Crippen LogP contribution in [0.1, 0.15) is 35.3 Å². The molecule has 0 saturated heterocycles. The molecule has 132 valence electrons. The number of hydrogen-bond acceptors (Lipinski definition) is 2. The van der Waals surface area contributed by atoms with E-state index in [9.17, 15) is 13.6 Å². The average Bonchev–Trinajstić information content (AvgIpc) is 3.27. The summed E-state index contributed by atoms with van der Waals surface area (Å²) in [7, 11) is 0. The molecule has 3 nitrogen and oxygen atoms in total. The number of benzene rings is 2. The molecule has 0 aliphatic heterocycles. The smallest absolute Gasteiger partial charge is 0.224 e. The molecule has 1 aromatic heterocycles. The monoisotopic (exact) mass is 353 g/mol. The van der Waals surface area contributed by atoms with E-state index in [1.165, 1.54) is 24.3 Å². The minimum absolute atomic E-state index is 0.0899. The molecule has 1 aliphatic carbocycles. The molecule has 0 bridgehead atoms. The van der Waals surface area contributed by atoms with Gasteiger partial charge in [-0.1, -0.05) is 24.3 Å². The molecular formula is C21H17F2NO2. The second-order valence-corrected chi connectivity index (χ2v) is 6.51. The molecule has 1 saturated carbocycles. The van der Waals surface area contributed by atoms with E-state index in [-0.39, 0.29) is 29.4 Å². The van der Waals surface area contributed by atoms with Crippen molar-refractivity contribution in [1.82, 2.24) is 5.32 Å². The Labute approximate surface area is 149 Å². The van der Waals surface area contributed by atoms with E-state index >= 15 is 0 Å². The molecular weight excluding hydrogens is 336 g/mol. The zero-order valence-corrected chi connectivity index (χ0v) is 13.9. The summed E-state index contributed by atoms with van der Waals surface area (Å²) >= 11 is 0. The fraction of sp³-hybridized carbons (Fsp3) is 0.190. The summed E-state index contributed by atoms with van der Waals surface area (Å²) in [6.07, 6.45) is 2.33. The number of amides is 1. The highest BCUT2D eigenvalue weighted by molar-refractivity contribution is 5.83. The Morgan fingerprint density at radius 2 is 1.54 bits per heavy atom. The lowest BCUT2D eigenvalue weighted by molar-refractivity contribution is -0.122. The molecule has 1 aliphatic rings. The molecule has 1 N–H and O–H groups in total.